The fraction of sp³-hybridized carbons (Fsp3) is 0.438. The van der Waals surface area contributed by atoms with Gasteiger partial charge in [-0.1, -0.05) is 0 Å². The van der Waals surface area contributed by atoms with Crippen LogP contribution in [0.1, 0.15) is 45.2 Å². The molecule has 4 rings (SSSR count). The van der Waals surface area contributed by atoms with Gasteiger partial charge in [0.25, 0.3) is 0 Å². The van der Waals surface area contributed by atoms with Gasteiger partial charge in [0.15, 0.2) is 11.6 Å². The number of rotatable bonds is 2. The summed E-state index contributed by atoms with van der Waals surface area (Å²) in [5.74, 6) is -0.965. The van der Waals surface area contributed by atoms with E-state index in [1.54, 1.807) is 12.3 Å². The van der Waals surface area contributed by atoms with Gasteiger partial charge >= 0.3 is 5.03 Å². The summed E-state index contributed by atoms with van der Waals surface area (Å²) in [6, 6.07) is 1.78. The lowest BCUT2D eigenvalue weighted by Gasteiger charge is -2.26. The van der Waals surface area contributed by atoms with E-state index in [1.165, 1.54) is 6.08 Å². The highest BCUT2D eigenvalue weighted by Gasteiger charge is 2.48. The molecule has 0 saturated carbocycles. The number of Topliss-reactive ketones (excluding diaryl/α,β-unsaturated/α-hetero) is 2. The Balaban J connectivity index is 1.70. The highest BCUT2D eigenvalue weighted by molar-refractivity contribution is 8.04. The molecule has 0 amide bonds. The smallest absolute Gasteiger partial charge is 0.300 e. The Morgan fingerprint density at radius 3 is 2.71 bits per heavy atom. The summed E-state index contributed by atoms with van der Waals surface area (Å²) in [4.78, 5) is 40.0. The van der Waals surface area contributed by atoms with E-state index in [-0.39, 0.29) is 22.3 Å². The van der Waals surface area contributed by atoms with E-state index in [2.05, 4.69) is 10.3 Å². The number of nitrogens with one attached hydrogen (secondary N) is 1. The molecule has 124 valence electrons. The maximum absolute atomic E-state index is 12.8. The predicted molar refractivity (Wildman–Crippen MR) is 87.7 cm³/mol. The average Bonchev–Trinajstić information content (AvgIpc) is 3.06. The van der Waals surface area contributed by atoms with E-state index in [0.29, 0.717) is 11.5 Å². The van der Waals surface area contributed by atoms with Crippen molar-refractivity contribution < 1.29 is 14.5 Å². The lowest BCUT2D eigenvalue weighted by molar-refractivity contribution is -0.410. The third-order valence-corrected chi connectivity index (χ3v) is 6.14. The molecule has 1 aliphatic carbocycles. The summed E-state index contributed by atoms with van der Waals surface area (Å²) in [5.41, 5.74) is 1.45. The van der Waals surface area contributed by atoms with Gasteiger partial charge in [0.1, 0.15) is 5.69 Å². The first-order valence-electron chi connectivity index (χ1n) is 7.88. The van der Waals surface area contributed by atoms with E-state index in [9.17, 15) is 19.7 Å². The van der Waals surface area contributed by atoms with Gasteiger partial charge in [0.05, 0.1) is 16.1 Å². The van der Waals surface area contributed by atoms with Crippen molar-refractivity contribution in [2.75, 3.05) is 13.1 Å². The first kappa shape index (κ1) is 15.5. The summed E-state index contributed by atoms with van der Waals surface area (Å²) >= 11 is 0.873. The first-order valence-corrected chi connectivity index (χ1v) is 8.76. The maximum Gasteiger partial charge on any atom is 0.300 e. The van der Waals surface area contributed by atoms with E-state index < -0.39 is 16.1 Å². The zero-order valence-electron chi connectivity index (χ0n) is 12.7. The predicted octanol–water partition coefficient (Wildman–Crippen LogP) is 1.78. The van der Waals surface area contributed by atoms with Gasteiger partial charge in [-0.15, -0.1) is 0 Å². The second kappa shape index (κ2) is 5.78. The average molecular weight is 345 g/mol. The van der Waals surface area contributed by atoms with E-state index >= 15 is 0 Å². The summed E-state index contributed by atoms with van der Waals surface area (Å²) in [5, 5.41) is 13.4. The molecule has 8 heteroatoms. The molecule has 1 saturated heterocycles. The molecule has 3 aliphatic rings. The quantitative estimate of drug-likeness (QED) is 0.644. The second-order valence-electron chi connectivity index (χ2n) is 6.24. The fourth-order valence-electron chi connectivity index (χ4n) is 3.57. The Bertz CT molecular complexity index is 786. The van der Waals surface area contributed by atoms with Crippen LogP contribution >= 0.6 is 11.8 Å². The molecule has 1 aromatic rings. The third-order valence-electron chi connectivity index (χ3n) is 4.86. The number of ketones is 2. The zero-order valence-corrected chi connectivity index (χ0v) is 13.5. The molecule has 1 N–H and O–H groups in total. The van der Waals surface area contributed by atoms with Gasteiger partial charge in [-0.3, -0.25) is 24.7 Å². The molecular weight excluding hydrogens is 330 g/mol. The first-order chi connectivity index (χ1) is 11.6. The van der Waals surface area contributed by atoms with Crippen molar-refractivity contribution in [3.63, 3.8) is 0 Å². The molecule has 2 unspecified atom stereocenters. The Morgan fingerprint density at radius 1 is 1.25 bits per heavy atom. The number of carbonyl (C=O) groups excluding carboxylic acids is 2. The van der Waals surface area contributed by atoms with Crippen LogP contribution in [0.2, 0.25) is 0 Å². The minimum absolute atomic E-state index is 0.127. The molecule has 3 heterocycles. The molecule has 2 aliphatic heterocycles. The summed E-state index contributed by atoms with van der Waals surface area (Å²) in [7, 11) is 0. The van der Waals surface area contributed by atoms with E-state index in [4.69, 9.17) is 0 Å². The number of nitro groups is 1. The number of hydrogen-bond acceptors (Lipinski definition) is 7. The van der Waals surface area contributed by atoms with Crippen molar-refractivity contribution in [3.05, 3.63) is 50.3 Å². The lowest BCUT2D eigenvalue weighted by Crippen LogP contribution is -2.37. The number of piperidine rings is 1. The van der Waals surface area contributed by atoms with Gasteiger partial charge in [-0.25, -0.2) is 0 Å². The van der Waals surface area contributed by atoms with Crippen molar-refractivity contribution in [3.8, 4) is 0 Å². The second-order valence-corrected chi connectivity index (χ2v) is 7.41. The molecule has 2 atom stereocenters. The zero-order chi connectivity index (χ0) is 16.8. The lowest BCUT2D eigenvalue weighted by atomic mass is 9.82. The van der Waals surface area contributed by atoms with Crippen LogP contribution in [-0.4, -0.2) is 39.8 Å². The Kier molecular flexibility index (Phi) is 3.73. The molecule has 1 aromatic heterocycles. The third kappa shape index (κ3) is 2.37. The van der Waals surface area contributed by atoms with Crippen molar-refractivity contribution in [1.29, 1.82) is 0 Å². The van der Waals surface area contributed by atoms with E-state index in [1.807, 2.05) is 0 Å². The molecule has 7 nitrogen and oxygen atoms in total. The van der Waals surface area contributed by atoms with Gasteiger partial charge < -0.3 is 5.32 Å². The number of nitrogens with zero attached hydrogens (tertiary/aromatic N) is 2. The molecule has 0 aromatic carbocycles. The number of thioether (sulfide) groups is 1. The monoisotopic (exact) mass is 345 g/mol. The minimum atomic E-state index is -0.771. The van der Waals surface area contributed by atoms with Crippen LogP contribution in [0.15, 0.2) is 23.4 Å². The van der Waals surface area contributed by atoms with Gasteiger partial charge in [-0.05, 0) is 55.2 Å². The SMILES string of the molecule is O=C1c2ncc(C3CCNCC3)cc2C(=O)C2SC([N+](=O)[O-])=CC12. The van der Waals surface area contributed by atoms with Gasteiger partial charge in [-0.2, -0.15) is 0 Å². The minimum Gasteiger partial charge on any atom is -0.317 e. The van der Waals surface area contributed by atoms with Crippen LogP contribution in [0, 0.1) is 16.0 Å². The number of hydrogen-bond donors (Lipinski definition) is 1. The fourth-order valence-corrected chi connectivity index (χ4v) is 4.73. The molecule has 0 bridgehead atoms. The van der Waals surface area contributed by atoms with Gasteiger partial charge in [0, 0.05) is 17.8 Å². The van der Waals surface area contributed by atoms with Crippen LogP contribution in [0.5, 0.6) is 0 Å². The Morgan fingerprint density at radius 2 is 2.00 bits per heavy atom. The van der Waals surface area contributed by atoms with E-state index in [0.717, 1.165) is 43.3 Å². The molecule has 24 heavy (non-hydrogen) atoms. The summed E-state index contributed by atoms with van der Waals surface area (Å²) in [6.07, 6.45) is 4.91. The van der Waals surface area contributed by atoms with Crippen LogP contribution in [-0.2, 0) is 0 Å². The summed E-state index contributed by atoms with van der Waals surface area (Å²) in [6.45, 7) is 1.84. The summed E-state index contributed by atoms with van der Waals surface area (Å²) < 4.78 is 0. The van der Waals surface area contributed by atoms with Crippen molar-refractivity contribution >= 4 is 23.3 Å². The highest BCUT2D eigenvalue weighted by atomic mass is 32.2. The topological polar surface area (TPSA) is 102 Å². The highest BCUT2D eigenvalue weighted by Crippen LogP contribution is 2.43. The standard InChI is InChI=1S/C16H15N3O4S/c20-14-11-6-12(19(22)23)24-16(11)15(21)10-5-9(7-18-13(10)14)8-1-3-17-4-2-8/h5-8,11,16-17H,1-4H2. The number of carbonyl (C=O) groups is 2. The normalized spacial score (nSPS) is 26.8. The van der Waals surface area contributed by atoms with Crippen LogP contribution in [0.25, 0.3) is 0 Å². The van der Waals surface area contributed by atoms with Crippen molar-refractivity contribution in [1.82, 2.24) is 10.3 Å². The van der Waals surface area contributed by atoms with Gasteiger partial charge in [0.2, 0.25) is 0 Å². The molecule has 0 radical (unpaired) electrons. The van der Waals surface area contributed by atoms with Crippen molar-refractivity contribution in [2.24, 2.45) is 5.92 Å². The van der Waals surface area contributed by atoms with Crippen LogP contribution < -0.4 is 5.32 Å². The molecule has 1 fully saturated rings. The largest absolute Gasteiger partial charge is 0.317 e. The number of pyridine rings is 1. The molecule has 0 spiro atoms. The van der Waals surface area contributed by atoms with Crippen molar-refractivity contribution in [2.45, 2.75) is 24.0 Å². The van der Waals surface area contributed by atoms with Crippen LogP contribution in [0.4, 0.5) is 0 Å². The Labute approximate surface area is 142 Å². The molecular formula is C16H15N3O4S. The number of aromatic nitrogens is 1. The number of fused-ring (bicyclic) bond motifs is 2. The maximum atomic E-state index is 12.8. The Hall–Kier alpha value is -2.06. The van der Waals surface area contributed by atoms with Crippen LogP contribution in [0.3, 0.4) is 0 Å². The number of allylic oxidation sites excluding steroid dienone is 1.